The van der Waals surface area contributed by atoms with Crippen LogP contribution in [-0.2, 0) is 0 Å². The smallest absolute Gasteiger partial charge is 0.220 e. The lowest BCUT2D eigenvalue weighted by Gasteiger charge is -2.03. The SMILES string of the molecule is COc1ncc(N)cc1C=CCBr. The lowest BCUT2D eigenvalue weighted by atomic mass is 10.2. The van der Waals surface area contributed by atoms with Gasteiger partial charge < -0.3 is 10.5 Å². The van der Waals surface area contributed by atoms with Crippen LogP contribution < -0.4 is 10.5 Å². The number of nitrogen functional groups attached to an aromatic ring is 1. The molecule has 1 aromatic heterocycles. The van der Waals surface area contributed by atoms with E-state index < -0.39 is 0 Å². The summed E-state index contributed by atoms with van der Waals surface area (Å²) in [6.45, 7) is 0. The van der Waals surface area contributed by atoms with E-state index in [1.807, 2.05) is 18.2 Å². The normalized spacial score (nSPS) is 10.6. The second-order valence-corrected chi connectivity index (χ2v) is 3.07. The number of methoxy groups -OCH3 is 1. The van der Waals surface area contributed by atoms with E-state index in [1.165, 1.54) is 0 Å². The van der Waals surface area contributed by atoms with Crippen LogP contribution >= 0.6 is 15.9 Å². The highest BCUT2D eigenvalue weighted by Gasteiger charge is 2.00. The molecule has 0 aliphatic carbocycles. The highest BCUT2D eigenvalue weighted by atomic mass is 79.9. The third kappa shape index (κ3) is 2.73. The van der Waals surface area contributed by atoms with Gasteiger partial charge in [0.25, 0.3) is 0 Å². The van der Waals surface area contributed by atoms with Gasteiger partial charge in [-0.2, -0.15) is 0 Å². The zero-order chi connectivity index (χ0) is 9.68. The van der Waals surface area contributed by atoms with Crippen molar-refractivity contribution in [1.82, 2.24) is 4.98 Å². The van der Waals surface area contributed by atoms with E-state index in [0.717, 1.165) is 10.9 Å². The second-order valence-electron chi connectivity index (χ2n) is 2.42. The fourth-order valence-corrected chi connectivity index (χ4v) is 1.13. The van der Waals surface area contributed by atoms with Gasteiger partial charge in [-0.3, -0.25) is 0 Å². The van der Waals surface area contributed by atoms with Crippen LogP contribution in [0.2, 0.25) is 0 Å². The molecule has 0 amide bonds. The number of allylic oxidation sites excluding steroid dienone is 1. The van der Waals surface area contributed by atoms with Crippen LogP contribution in [0.1, 0.15) is 5.56 Å². The van der Waals surface area contributed by atoms with E-state index in [4.69, 9.17) is 10.5 Å². The minimum atomic E-state index is 0.589. The maximum atomic E-state index is 5.59. The van der Waals surface area contributed by atoms with Gasteiger partial charge in [-0.25, -0.2) is 4.98 Å². The second kappa shape index (κ2) is 4.87. The van der Waals surface area contributed by atoms with Crippen LogP contribution in [0.15, 0.2) is 18.3 Å². The van der Waals surface area contributed by atoms with Crippen molar-refractivity contribution in [3.05, 3.63) is 23.9 Å². The van der Waals surface area contributed by atoms with Gasteiger partial charge in [0.05, 0.1) is 19.0 Å². The number of anilines is 1. The summed E-state index contributed by atoms with van der Waals surface area (Å²) in [5.74, 6) is 0.589. The molecule has 13 heavy (non-hydrogen) atoms. The number of alkyl halides is 1. The maximum Gasteiger partial charge on any atom is 0.220 e. The predicted molar refractivity (Wildman–Crippen MR) is 58.0 cm³/mol. The Morgan fingerprint density at radius 1 is 1.69 bits per heavy atom. The molecule has 0 aromatic carbocycles. The Kier molecular flexibility index (Phi) is 3.76. The number of aromatic nitrogens is 1. The quantitative estimate of drug-likeness (QED) is 0.827. The summed E-state index contributed by atoms with van der Waals surface area (Å²) < 4.78 is 5.06. The first-order chi connectivity index (χ1) is 6.27. The van der Waals surface area contributed by atoms with Crippen molar-refractivity contribution in [2.24, 2.45) is 0 Å². The molecule has 1 aromatic rings. The molecular formula is C9H11BrN2O. The summed E-state index contributed by atoms with van der Waals surface area (Å²) in [4.78, 5) is 4.04. The van der Waals surface area contributed by atoms with Gasteiger partial charge in [-0.15, -0.1) is 0 Å². The number of hydrogen-bond acceptors (Lipinski definition) is 3. The maximum absolute atomic E-state index is 5.59. The van der Waals surface area contributed by atoms with Crippen molar-refractivity contribution in [2.45, 2.75) is 0 Å². The summed E-state index contributed by atoms with van der Waals surface area (Å²) in [5, 5.41) is 0.797. The number of pyridine rings is 1. The average molecular weight is 243 g/mol. The van der Waals surface area contributed by atoms with Crippen molar-refractivity contribution in [3.8, 4) is 5.88 Å². The Balaban J connectivity index is 3.01. The van der Waals surface area contributed by atoms with Crippen molar-refractivity contribution in [1.29, 1.82) is 0 Å². The molecule has 0 bridgehead atoms. The number of nitrogens with two attached hydrogens (primary N) is 1. The lowest BCUT2D eigenvalue weighted by molar-refractivity contribution is 0.397. The van der Waals surface area contributed by atoms with Crippen molar-refractivity contribution in [2.75, 3.05) is 18.2 Å². The van der Waals surface area contributed by atoms with Gasteiger partial charge in [0.2, 0.25) is 5.88 Å². The zero-order valence-corrected chi connectivity index (χ0v) is 8.91. The van der Waals surface area contributed by atoms with Gasteiger partial charge in [-0.05, 0) is 6.07 Å². The molecule has 0 fully saturated rings. The average Bonchev–Trinajstić information content (AvgIpc) is 2.15. The van der Waals surface area contributed by atoms with Crippen LogP contribution in [0.25, 0.3) is 6.08 Å². The Bertz CT molecular complexity index is 312. The van der Waals surface area contributed by atoms with Crippen molar-refractivity contribution < 1.29 is 4.74 Å². The lowest BCUT2D eigenvalue weighted by Crippen LogP contribution is -1.93. The molecule has 0 spiro atoms. The predicted octanol–water partition coefficient (Wildman–Crippen LogP) is 2.08. The fraction of sp³-hybridized carbons (Fsp3) is 0.222. The molecule has 2 N–H and O–H groups in total. The Morgan fingerprint density at radius 3 is 3.08 bits per heavy atom. The number of rotatable bonds is 3. The third-order valence-corrected chi connectivity index (χ3v) is 1.85. The summed E-state index contributed by atoms with van der Waals surface area (Å²) in [7, 11) is 1.59. The van der Waals surface area contributed by atoms with Gasteiger partial charge in [-0.1, -0.05) is 28.1 Å². The molecule has 3 nitrogen and oxygen atoms in total. The molecule has 0 saturated carbocycles. The number of nitrogens with zero attached hydrogens (tertiary/aromatic N) is 1. The third-order valence-electron chi connectivity index (χ3n) is 1.48. The van der Waals surface area contributed by atoms with E-state index >= 15 is 0 Å². The molecule has 0 aliphatic rings. The van der Waals surface area contributed by atoms with Crippen molar-refractivity contribution >= 4 is 27.7 Å². The first-order valence-corrected chi connectivity index (χ1v) is 4.92. The monoisotopic (exact) mass is 242 g/mol. The summed E-state index contributed by atoms with van der Waals surface area (Å²) in [6.07, 6.45) is 5.44. The first-order valence-electron chi connectivity index (χ1n) is 3.80. The molecule has 0 radical (unpaired) electrons. The minimum Gasteiger partial charge on any atom is -0.481 e. The molecule has 0 atom stereocenters. The van der Waals surface area contributed by atoms with Gasteiger partial charge in [0.1, 0.15) is 0 Å². The van der Waals surface area contributed by atoms with E-state index in [-0.39, 0.29) is 0 Å². The first kappa shape index (κ1) is 10.1. The topological polar surface area (TPSA) is 48.1 Å². The Labute approximate surface area is 85.7 Å². The van der Waals surface area contributed by atoms with Crippen LogP contribution in [-0.4, -0.2) is 17.4 Å². The molecule has 70 valence electrons. The molecular weight excluding hydrogens is 232 g/mol. The molecule has 4 heteroatoms. The highest BCUT2D eigenvalue weighted by molar-refractivity contribution is 9.09. The molecule has 0 saturated heterocycles. The van der Waals surface area contributed by atoms with E-state index in [2.05, 4.69) is 20.9 Å². The van der Waals surface area contributed by atoms with E-state index in [0.29, 0.717) is 11.6 Å². The standard InChI is InChI=1S/C9H11BrN2O/c1-13-9-7(3-2-4-10)5-8(11)6-12-9/h2-3,5-6H,4,11H2,1H3. The molecule has 1 rings (SSSR count). The summed E-state index contributed by atoms with van der Waals surface area (Å²) >= 11 is 3.29. The number of hydrogen-bond donors (Lipinski definition) is 1. The van der Waals surface area contributed by atoms with Gasteiger partial charge >= 0.3 is 0 Å². The van der Waals surface area contributed by atoms with Crippen LogP contribution in [0.3, 0.4) is 0 Å². The molecule has 1 heterocycles. The van der Waals surface area contributed by atoms with Crippen LogP contribution in [0.4, 0.5) is 5.69 Å². The minimum absolute atomic E-state index is 0.589. The van der Waals surface area contributed by atoms with Crippen molar-refractivity contribution in [3.63, 3.8) is 0 Å². The Hall–Kier alpha value is -1.03. The summed E-state index contributed by atoms with van der Waals surface area (Å²) in [6, 6.07) is 1.82. The summed E-state index contributed by atoms with van der Waals surface area (Å²) in [5.41, 5.74) is 7.12. The largest absolute Gasteiger partial charge is 0.481 e. The van der Waals surface area contributed by atoms with Gasteiger partial charge in [0.15, 0.2) is 0 Å². The van der Waals surface area contributed by atoms with E-state index in [1.54, 1.807) is 13.3 Å². The molecule has 0 aliphatic heterocycles. The van der Waals surface area contributed by atoms with E-state index in [9.17, 15) is 0 Å². The number of halogens is 1. The fourth-order valence-electron chi connectivity index (χ4n) is 0.948. The zero-order valence-electron chi connectivity index (χ0n) is 7.33. The molecule has 0 unspecified atom stereocenters. The Morgan fingerprint density at radius 2 is 2.46 bits per heavy atom. The highest BCUT2D eigenvalue weighted by Crippen LogP contribution is 2.18. The van der Waals surface area contributed by atoms with Crippen LogP contribution in [0, 0.1) is 0 Å². The number of ether oxygens (including phenoxy) is 1. The van der Waals surface area contributed by atoms with Crippen LogP contribution in [0.5, 0.6) is 5.88 Å². The van der Waals surface area contributed by atoms with Gasteiger partial charge in [0, 0.05) is 10.9 Å².